The molecule has 0 saturated heterocycles. The zero-order valence-corrected chi connectivity index (χ0v) is 11.1. The van der Waals surface area contributed by atoms with E-state index in [0.717, 1.165) is 25.7 Å². The summed E-state index contributed by atoms with van der Waals surface area (Å²) in [4.78, 5) is 22.6. The van der Waals surface area contributed by atoms with Crippen molar-refractivity contribution in [1.82, 2.24) is 4.57 Å². The average molecular weight is 259 g/mol. The van der Waals surface area contributed by atoms with Crippen LogP contribution in [-0.4, -0.2) is 21.9 Å². The maximum Gasteiger partial charge on any atom is 0.338 e. The van der Waals surface area contributed by atoms with E-state index >= 15 is 0 Å². The number of hydrogen-bond donors (Lipinski definition) is 1. The van der Waals surface area contributed by atoms with Gasteiger partial charge in [-0.2, -0.15) is 0 Å². The largest absolute Gasteiger partial charge is 0.478 e. The first kappa shape index (κ1) is 13.3. The van der Waals surface area contributed by atoms with Gasteiger partial charge in [0.2, 0.25) is 0 Å². The lowest BCUT2D eigenvalue weighted by Gasteiger charge is -2.08. The summed E-state index contributed by atoms with van der Waals surface area (Å²) in [5.41, 5.74) is 2.21. The van der Waals surface area contributed by atoms with Crippen molar-refractivity contribution in [1.29, 1.82) is 0 Å². The molecular formula is C15H17NO3. The monoisotopic (exact) mass is 259 g/mol. The summed E-state index contributed by atoms with van der Waals surface area (Å²) in [5, 5.41) is 10.1. The van der Waals surface area contributed by atoms with Crippen LogP contribution in [-0.2, 0) is 6.54 Å². The van der Waals surface area contributed by atoms with E-state index in [4.69, 9.17) is 0 Å². The number of aromatic nitrogens is 1. The summed E-state index contributed by atoms with van der Waals surface area (Å²) in [5.74, 6) is -0.948. The molecule has 1 aromatic carbocycles. The van der Waals surface area contributed by atoms with Crippen molar-refractivity contribution in [3.05, 3.63) is 35.0 Å². The predicted molar refractivity (Wildman–Crippen MR) is 73.9 cm³/mol. The number of carbonyl (C=O) groups excluding carboxylic acids is 1. The molecule has 0 amide bonds. The zero-order valence-electron chi connectivity index (χ0n) is 11.1. The Morgan fingerprint density at radius 1 is 1.42 bits per heavy atom. The lowest BCUT2D eigenvalue weighted by atomic mass is 10.0. The number of nitrogens with zero attached hydrogens (tertiary/aromatic N) is 1. The van der Waals surface area contributed by atoms with Crippen molar-refractivity contribution in [2.75, 3.05) is 0 Å². The summed E-state index contributed by atoms with van der Waals surface area (Å²) in [7, 11) is 0. The summed E-state index contributed by atoms with van der Waals surface area (Å²) >= 11 is 0. The van der Waals surface area contributed by atoms with Crippen molar-refractivity contribution in [2.45, 2.75) is 33.2 Å². The maximum atomic E-state index is 11.5. The molecule has 0 aliphatic rings. The van der Waals surface area contributed by atoms with Gasteiger partial charge in [-0.15, -0.1) is 0 Å². The molecule has 19 heavy (non-hydrogen) atoms. The van der Waals surface area contributed by atoms with E-state index in [1.165, 1.54) is 0 Å². The minimum atomic E-state index is -0.948. The number of carboxylic acids is 1. The third-order valence-corrected chi connectivity index (χ3v) is 3.37. The van der Waals surface area contributed by atoms with Gasteiger partial charge in [0, 0.05) is 23.7 Å². The van der Waals surface area contributed by atoms with E-state index in [1.54, 1.807) is 19.2 Å². The number of aldehydes is 1. The molecule has 2 rings (SSSR count). The van der Waals surface area contributed by atoms with Crippen molar-refractivity contribution in [2.24, 2.45) is 0 Å². The van der Waals surface area contributed by atoms with Crippen molar-refractivity contribution >= 4 is 23.2 Å². The first-order chi connectivity index (χ1) is 9.10. The number of unbranched alkanes of at least 4 members (excludes halogenated alkanes) is 1. The molecule has 0 aliphatic carbocycles. The van der Waals surface area contributed by atoms with Crippen LogP contribution in [0.25, 0.3) is 10.9 Å². The quantitative estimate of drug-likeness (QED) is 0.838. The molecule has 0 bridgehead atoms. The SMILES string of the molecule is CCCCn1cc(C=O)c2ccc(C)c(C(=O)O)c21. The Morgan fingerprint density at radius 3 is 2.74 bits per heavy atom. The van der Waals surface area contributed by atoms with Gasteiger partial charge in [0.1, 0.15) is 0 Å². The summed E-state index contributed by atoms with van der Waals surface area (Å²) in [6, 6.07) is 3.58. The zero-order chi connectivity index (χ0) is 14.0. The third kappa shape index (κ3) is 2.26. The minimum absolute atomic E-state index is 0.293. The number of benzene rings is 1. The Bertz CT molecular complexity index is 640. The summed E-state index contributed by atoms with van der Waals surface area (Å²) < 4.78 is 1.89. The van der Waals surface area contributed by atoms with E-state index in [9.17, 15) is 14.7 Å². The second-order valence-electron chi connectivity index (χ2n) is 4.71. The molecule has 0 fully saturated rings. The number of aryl methyl sites for hydroxylation is 2. The number of rotatable bonds is 5. The summed E-state index contributed by atoms with van der Waals surface area (Å²) in [6.45, 7) is 4.58. The van der Waals surface area contributed by atoms with Gasteiger partial charge in [0.25, 0.3) is 0 Å². The van der Waals surface area contributed by atoms with Crippen molar-refractivity contribution in [3.8, 4) is 0 Å². The number of carbonyl (C=O) groups is 2. The minimum Gasteiger partial charge on any atom is -0.478 e. The lowest BCUT2D eigenvalue weighted by Crippen LogP contribution is -2.05. The molecule has 4 heteroatoms. The standard InChI is InChI=1S/C15H17NO3/c1-3-4-7-16-8-11(9-17)12-6-5-10(2)13(14(12)16)15(18)19/h5-6,8-9H,3-4,7H2,1-2H3,(H,18,19). The van der Waals surface area contributed by atoms with Crippen LogP contribution in [0.1, 0.15) is 46.0 Å². The third-order valence-electron chi connectivity index (χ3n) is 3.37. The molecule has 0 unspecified atom stereocenters. The van der Waals surface area contributed by atoms with Crippen LogP contribution < -0.4 is 0 Å². The van der Waals surface area contributed by atoms with E-state index in [1.807, 2.05) is 10.6 Å². The first-order valence-corrected chi connectivity index (χ1v) is 6.41. The van der Waals surface area contributed by atoms with Crippen LogP contribution in [0, 0.1) is 6.92 Å². The molecule has 1 N–H and O–H groups in total. The molecule has 0 atom stereocenters. The fourth-order valence-electron chi connectivity index (χ4n) is 2.39. The van der Waals surface area contributed by atoms with Gasteiger partial charge in [-0.3, -0.25) is 4.79 Å². The Balaban J connectivity index is 2.77. The molecule has 0 spiro atoms. The molecule has 1 aromatic heterocycles. The highest BCUT2D eigenvalue weighted by molar-refractivity contribution is 6.08. The highest BCUT2D eigenvalue weighted by Gasteiger charge is 2.18. The molecule has 2 aromatic rings. The first-order valence-electron chi connectivity index (χ1n) is 6.41. The van der Waals surface area contributed by atoms with Crippen LogP contribution in [0.15, 0.2) is 18.3 Å². The average Bonchev–Trinajstić information content (AvgIpc) is 2.73. The van der Waals surface area contributed by atoms with E-state index in [2.05, 4.69) is 6.92 Å². The highest BCUT2D eigenvalue weighted by Crippen LogP contribution is 2.27. The van der Waals surface area contributed by atoms with Crippen LogP contribution in [0.3, 0.4) is 0 Å². The second kappa shape index (κ2) is 5.26. The number of fused-ring (bicyclic) bond motifs is 1. The van der Waals surface area contributed by atoms with E-state index in [0.29, 0.717) is 27.6 Å². The molecule has 1 heterocycles. The van der Waals surface area contributed by atoms with Gasteiger partial charge in [-0.05, 0) is 18.9 Å². The number of hydrogen-bond acceptors (Lipinski definition) is 2. The fourth-order valence-corrected chi connectivity index (χ4v) is 2.39. The van der Waals surface area contributed by atoms with Crippen molar-refractivity contribution < 1.29 is 14.7 Å². The second-order valence-corrected chi connectivity index (χ2v) is 4.71. The smallest absolute Gasteiger partial charge is 0.338 e. The normalized spacial score (nSPS) is 10.8. The Labute approximate surface area is 111 Å². The van der Waals surface area contributed by atoms with Gasteiger partial charge < -0.3 is 9.67 Å². The molecule has 0 saturated carbocycles. The van der Waals surface area contributed by atoms with Crippen LogP contribution in [0.2, 0.25) is 0 Å². The molecule has 4 nitrogen and oxygen atoms in total. The van der Waals surface area contributed by atoms with Gasteiger partial charge >= 0.3 is 5.97 Å². The van der Waals surface area contributed by atoms with Gasteiger partial charge in [0.05, 0.1) is 11.1 Å². The Kier molecular flexibility index (Phi) is 3.69. The molecule has 0 aliphatic heterocycles. The maximum absolute atomic E-state index is 11.5. The molecule has 0 radical (unpaired) electrons. The fraction of sp³-hybridized carbons (Fsp3) is 0.333. The van der Waals surface area contributed by atoms with Gasteiger partial charge in [-0.25, -0.2) is 4.79 Å². The van der Waals surface area contributed by atoms with Crippen LogP contribution in [0.4, 0.5) is 0 Å². The number of carboxylic acid groups (broad SMARTS) is 1. The van der Waals surface area contributed by atoms with E-state index < -0.39 is 5.97 Å². The van der Waals surface area contributed by atoms with Crippen LogP contribution in [0.5, 0.6) is 0 Å². The van der Waals surface area contributed by atoms with Crippen LogP contribution >= 0.6 is 0 Å². The highest BCUT2D eigenvalue weighted by atomic mass is 16.4. The van der Waals surface area contributed by atoms with Crippen molar-refractivity contribution in [3.63, 3.8) is 0 Å². The van der Waals surface area contributed by atoms with Gasteiger partial charge in [-0.1, -0.05) is 25.5 Å². The lowest BCUT2D eigenvalue weighted by molar-refractivity contribution is 0.0697. The summed E-state index contributed by atoms with van der Waals surface area (Å²) in [6.07, 6.45) is 4.50. The van der Waals surface area contributed by atoms with E-state index in [-0.39, 0.29) is 0 Å². The predicted octanol–water partition coefficient (Wildman–Crippen LogP) is 3.26. The topological polar surface area (TPSA) is 59.3 Å². The van der Waals surface area contributed by atoms with Gasteiger partial charge in [0.15, 0.2) is 6.29 Å². The molecular weight excluding hydrogens is 242 g/mol. The Morgan fingerprint density at radius 2 is 2.16 bits per heavy atom. The number of aromatic carboxylic acids is 1. The Hall–Kier alpha value is -2.10. The molecule has 100 valence electrons.